The van der Waals surface area contributed by atoms with E-state index in [1.807, 2.05) is 12.3 Å². The molecule has 8 nitrogen and oxygen atoms in total. The molecule has 1 saturated carbocycles. The summed E-state index contributed by atoms with van der Waals surface area (Å²) in [6, 6.07) is 2.00. The summed E-state index contributed by atoms with van der Waals surface area (Å²) in [7, 11) is 0. The van der Waals surface area contributed by atoms with Crippen LogP contribution in [0.4, 0.5) is 0 Å². The Morgan fingerprint density at radius 2 is 2.24 bits per heavy atom. The van der Waals surface area contributed by atoms with Crippen molar-refractivity contribution in [3.63, 3.8) is 0 Å². The van der Waals surface area contributed by atoms with Gasteiger partial charge in [-0.15, -0.1) is 10.2 Å². The number of carbonyl (C=O) groups is 1. The number of ether oxygens (including phenoxy) is 2. The third kappa shape index (κ3) is 3.29. The molecule has 0 radical (unpaired) electrons. The standard InChI is InChI=1S/C21H27N5O3/c1-3-13-8-14(29-18(27)4-6-21(2)11-28-12-21)9-15(13)20-25-24-17-10-23-19-16(26(17)20)5-7-22-19/h5,7,10,13-15,22H,3-4,6,8-9,11-12H2,1-2H3/t13-,14+,15+/m1/s1. The van der Waals surface area contributed by atoms with Crippen molar-refractivity contribution in [1.29, 1.82) is 0 Å². The van der Waals surface area contributed by atoms with Gasteiger partial charge in [-0.2, -0.15) is 0 Å². The first-order valence-corrected chi connectivity index (χ1v) is 10.5. The Balaban J connectivity index is 1.33. The van der Waals surface area contributed by atoms with Gasteiger partial charge < -0.3 is 14.5 Å². The summed E-state index contributed by atoms with van der Waals surface area (Å²) in [5.74, 6) is 1.48. The van der Waals surface area contributed by atoms with Crippen molar-refractivity contribution in [2.45, 2.75) is 58.0 Å². The zero-order valence-electron chi connectivity index (χ0n) is 16.9. The average Bonchev–Trinajstić information content (AvgIpc) is 3.40. The molecule has 0 spiro atoms. The maximum atomic E-state index is 12.4. The highest BCUT2D eigenvalue weighted by Gasteiger charge is 2.39. The molecule has 2 fully saturated rings. The van der Waals surface area contributed by atoms with Crippen LogP contribution in [0.15, 0.2) is 18.5 Å². The molecule has 0 aromatic carbocycles. The number of hydrogen-bond donors (Lipinski definition) is 1. The van der Waals surface area contributed by atoms with Gasteiger partial charge in [-0.3, -0.25) is 9.20 Å². The third-order valence-electron chi connectivity index (χ3n) is 6.61. The molecule has 154 valence electrons. The summed E-state index contributed by atoms with van der Waals surface area (Å²) < 4.78 is 13.2. The van der Waals surface area contributed by atoms with E-state index in [2.05, 4.69) is 38.4 Å². The Bertz CT molecular complexity index is 1040. The fourth-order valence-corrected chi connectivity index (χ4v) is 4.82. The Hall–Kier alpha value is -2.48. The van der Waals surface area contributed by atoms with Crippen LogP contribution >= 0.6 is 0 Å². The summed E-state index contributed by atoms with van der Waals surface area (Å²) in [6.45, 7) is 5.84. The molecule has 3 aromatic rings. The molecule has 0 unspecified atom stereocenters. The Labute approximate surface area is 169 Å². The number of H-pyrrole nitrogens is 1. The molecule has 0 amide bonds. The monoisotopic (exact) mass is 397 g/mol. The minimum absolute atomic E-state index is 0.0567. The largest absolute Gasteiger partial charge is 0.462 e. The van der Waals surface area contributed by atoms with E-state index in [1.165, 1.54) is 0 Å². The highest BCUT2D eigenvalue weighted by atomic mass is 16.5. The van der Waals surface area contributed by atoms with Gasteiger partial charge in [-0.05, 0) is 31.2 Å². The van der Waals surface area contributed by atoms with Crippen LogP contribution in [0.25, 0.3) is 16.8 Å². The normalized spacial score (nSPS) is 26.1. The van der Waals surface area contributed by atoms with Crippen LogP contribution < -0.4 is 0 Å². The maximum Gasteiger partial charge on any atom is 0.306 e. The smallest absolute Gasteiger partial charge is 0.306 e. The van der Waals surface area contributed by atoms with Crippen LogP contribution in [0, 0.1) is 11.3 Å². The van der Waals surface area contributed by atoms with Gasteiger partial charge in [0.1, 0.15) is 11.9 Å². The van der Waals surface area contributed by atoms with Crippen LogP contribution in [0.2, 0.25) is 0 Å². The number of hydrogen-bond acceptors (Lipinski definition) is 6. The summed E-state index contributed by atoms with van der Waals surface area (Å²) in [5.41, 5.74) is 2.69. The first-order chi connectivity index (χ1) is 14.1. The van der Waals surface area contributed by atoms with Crippen LogP contribution in [-0.4, -0.2) is 49.9 Å². The van der Waals surface area contributed by atoms with Crippen LogP contribution in [0.5, 0.6) is 0 Å². The molecule has 8 heteroatoms. The lowest BCUT2D eigenvalue weighted by atomic mass is 9.84. The van der Waals surface area contributed by atoms with Crippen molar-refractivity contribution in [2.75, 3.05) is 13.2 Å². The van der Waals surface area contributed by atoms with E-state index in [0.717, 1.165) is 61.5 Å². The van der Waals surface area contributed by atoms with Crippen molar-refractivity contribution in [2.24, 2.45) is 11.3 Å². The molecule has 1 saturated heterocycles. The van der Waals surface area contributed by atoms with Gasteiger partial charge in [-0.1, -0.05) is 20.3 Å². The number of rotatable bonds is 6. The van der Waals surface area contributed by atoms with Gasteiger partial charge in [0.05, 0.1) is 24.9 Å². The van der Waals surface area contributed by atoms with Crippen molar-refractivity contribution in [3.8, 4) is 0 Å². The van der Waals surface area contributed by atoms with Gasteiger partial charge in [0.2, 0.25) is 0 Å². The molecule has 29 heavy (non-hydrogen) atoms. The molecule has 0 bridgehead atoms. The topological polar surface area (TPSA) is 94.4 Å². The van der Waals surface area contributed by atoms with Crippen molar-refractivity contribution >= 4 is 22.8 Å². The molecule has 1 aliphatic carbocycles. The number of nitrogens with one attached hydrogen (secondary N) is 1. The first kappa shape index (κ1) is 18.5. The number of fused-ring (bicyclic) bond motifs is 3. The van der Waals surface area contributed by atoms with Crippen LogP contribution in [0.1, 0.15) is 57.7 Å². The molecule has 5 rings (SSSR count). The molecule has 3 aromatic heterocycles. The zero-order valence-corrected chi connectivity index (χ0v) is 16.9. The van der Waals surface area contributed by atoms with Crippen molar-refractivity contribution in [1.82, 2.24) is 24.6 Å². The number of aromatic nitrogens is 5. The Kier molecular flexibility index (Phi) is 4.53. The molecule has 2 aliphatic rings. The molecular weight excluding hydrogens is 370 g/mol. The van der Waals surface area contributed by atoms with Crippen molar-refractivity contribution in [3.05, 3.63) is 24.3 Å². The highest BCUT2D eigenvalue weighted by molar-refractivity contribution is 5.74. The predicted octanol–water partition coefficient (Wildman–Crippen LogP) is 3.24. The van der Waals surface area contributed by atoms with E-state index in [-0.39, 0.29) is 23.4 Å². The molecular formula is C21H27N5O3. The first-order valence-electron chi connectivity index (χ1n) is 10.5. The minimum Gasteiger partial charge on any atom is -0.462 e. The molecule has 1 N–H and O–H groups in total. The quantitative estimate of drug-likeness (QED) is 0.642. The number of nitrogens with zero attached hydrogens (tertiary/aromatic N) is 4. The zero-order chi connectivity index (χ0) is 20.0. The Morgan fingerprint density at radius 3 is 3.00 bits per heavy atom. The van der Waals surface area contributed by atoms with E-state index in [9.17, 15) is 4.79 Å². The fourth-order valence-electron chi connectivity index (χ4n) is 4.82. The Morgan fingerprint density at radius 1 is 1.38 bits per heavy atom. The van der Waals surface area contributed by atoms with E-state index >= 15 is 0 Å². The predicted molar refractivity (Wildman–Crippen MR) is 106 cm³/mol. The average molecular weight is 397 g/mol. The molecule has 4 heterocycles. The summed E-state index contributed by atoms with van der Waals surface area (Å²) in [6.07, 6.45) is 7.54. The van der Waals surface area contributed by atoms with Crippen LogP contribution in [-0.2, 0) is 14.3 Å². The second-order valence-corrected chi connectivity index (χ2v) is 8.88. The van der Waals surface area contributed by atoms with Gasteiger partial charge >= 0.3 is 5.97 Å². The van der Waals surface area contributed by atoms with E-state index < -0.39 is 0 Å². The van der Waals surface area contributed by atoms with Gasteiger partial charge in [0.15, 0.2) is 11.3 Å². The lowest BCUT2D eigenvalue weighted by Gasteiger charge is -2.37. The fraction of sp³-hybridized carbons (Fsp3) is 0.619. The number of carbonyl (C=O) groups excluding carboxylic acids is 1. The van der Waals surface area contributed by atoms with Crippen molar-refractivity contribution < 1.29 is 14.3 Å². The van der Waals surface area contributed by atoms with Gasteiger partial charge in [-0.25, -0.2) is 4.98 Å². The second kappa shape index (κ2) is 7.09. The van der Waals surface area contributed by atoms with Gasteiger partial charge in [0.25, 0.3) is 0 Å². The van der Waals surface area contributed by atoms with E-state index in [0.29, 0.717) is 12.3 Å². The summed E-state index contributed by atoms with van der Waals surface area (Å²) in [4.78, 5) is 20.0. The third-order valence-corrected chi connectivity index (χ3v) is 6.61. The lowest BCUT2D eigenvalue weighted by molar-refractivity contribution is -0.153. The molecule has 3 atom stereocenters. The number of aromatic amines is 1. The minimum atomic E-state index is -0.0954. The summed E-state index contributed by atoms with van der Waals surface area (Å²) >= 11 is 0. The SMILES string of the molecule is CC[C@@H]1C[C@H](OC(=O)CCC2(C)COC2)C[C@@H]1c1nnc2cnc3[nH]ccc3n12. The van der Waals surface area contributed by atoms with Crippen LogP contribution in [0.3, 0.4) is 0 Å². The maximum absolute atomic E-state index is 12.4. The number of esters is 1. The van der Waals surface area contributed by atoms with E-state index in [1.54, 1.807) is 6.20 Å². The highest BCUT2D eigenvalue weighted by Crippen LogP contribution is 2.43. The van der Waals surface area contributed by atoms with Gasteiger partial charge in [0, 0.05) is 24.0 Å². The second-order valence-electron chi connectivity index (χ2n) is 8.88. The summed E-state index contributed by atoms with van der Waals surface area (Å²) in [5, 5.41) is 8.85. The molecule has 1 aliphatic heterocycles. The lowest BCUT2D eigenvalue weighted by Crippen LogP contribution is -2.40. The van der Waals surface area contributed by atoms with E-state index in [4.69, 9.17) is 9.47 Å².